The maximum absolute atomic E-state index is 12.7. The number of rotatable bonds is 5. The van der Waals surface area contributed by atoms with E-state index < -0.39 is 0 Å². The molecule has 0 atom stereocenters. The number of piperazine rings is 1. The molecule has 1 aromatic rings. The zero-order valence-electron chi connectivity index (χ0n) is 12.0. The predicted octanol–water partition coefficient (Wildman–Crippen LogP) is 1.35. The molecule has 0 aromatic heterocycles. The molecule has 0 bridgehead atoms. The highest BCUT2D eigenvalue weighted by molar-refractivity contribution is 8.00. The molecule has 8 heteroatoms. The lowest BCUT2D eigenvalue weighted by atomic mass is 10.3. The van der Waals surface area contributed by atoms with Gasteiger partial charge < -0.3 is 15.5 Å². The van der Waals surface area contributed by atoms with Gasteiger partial charge in [-0.25, -0.2) is 4.39 Å². The summed E-state index contributed by atoms with van der Waals surface area (Å²) < 4.78 is 12.7. The molecule has 5 nitrogen and oxygen atoms in total. The summed E-state index contributed by atoms with van der Waals surface area (Å²) in [6, 6.07) is 5.58. The molecule has 2 amide bonds. The second-order valence-electron chi connectivity index (χ2n) is 4.68. The van der Waals surface area contributed by atoms with Crippen LogP contribution in [0.4, 0.5) is 10.1 Å². The Bertz CT molecular complexity index is 495. The van der Waals surface area contributed by atoms with Crippen molar-refractivity contribution in [1.82, 2.24) is 10.2 Å². The van der Waals surface area contributed by atoms with E-state index in [4.69, 9.17) is 0 Å². The molecule has 0 radical (unpaired) electrons. The second-order valence-corrected chi connectivity index (χ2v) is 5.66. The molecular formula is C14H19ClFN3O2S. The standard InChI is InChI=1S/C14H18FN3O2S.ClH/c15-11-1-3-12(4-2-11)17-13(19)9-21-10-14(20)18-7-5-16-6-8-18;/h1-4,16H,5-10H2,(H,17,19);1H. The first-order valence-electron chi connectivity index (χ1n) is 6.77. The minimum atomic E-state index is -0.344. The van der Waals surface area contributed by atoms with Crippen LogP contribution in [0.2, 0.25) is 0 Å². The molecule has 1 heterocycles. The fraction of sp³-hybridized carbons (Fsp3) is 0.429. The summed E-state index contributed by atoms with van der Waals surface area (Å²) in [6.07, 6.45) is 0. The number of nitrogens with one attached hydrogen (secondary N) is 2. The number of benzene rings is 1. The van der Waals surface area contributed by atoms with Crippen molar-refractivity contribution in [1.29, 1.82) is 0 Å². The normalized spacial score (nSPS) is 14.1. The third kappa shape index (κ3) is 6.21. The number of nitrogens with zero attached hydrogens (tertiary/aromatic N) is 1. The number of carbonyl (C=O) groups is 2. The fourth-order valence-electron chi connectivity index (χ4n) is 1.97. The fourth-order valence-corrected chi connectivity index (χ4v) is 2.68. The quantitative estimate of drug-likeness (QED) is 0.844. The van der Waals surface area contributed by atoms with Gasteiger partial charge >= 0.3 is 0 Å². The largest absolute Gasteiger partial charge is 0.339 e. The molecule has 0 unspecified atom stereocenters. The van der Waals surface area contributed by atoms with Crippen LogP contribution >= 0.6 is 24.2 Å². The van der Waals surface area contributed by atoms with Gasteiger partial charge in [0.1, 0.15) is 5.82 Å². The van der Waals surface area contributed by atoms with Crippen LogP contribution in [0.15, 0.2) is 24.3 Å². The van der Waals surface area contributed by atoms with E-state index in [1.54, 1.807) is 4.90 Å². The molecule has 0 saturated carbocycles. The summed E-state index contributed by atoms with van der Waals surface area (Å²) in [4.78, 5) is 25.4. The van der Waals surface area contributed by atoms with Crippen LogP contribution < -0.4 is 10.6 Å². The third-order valence-corrected chi connectivity index (χ3v) is 3.97. The van der Waals surface area contributed by atoms with Gasteiger partial charge in [0, 0.05) is 31.9 Å². The molecule has 122 valence electrons. The van der Waals surface area contributed by atoms with E-state index in [1.807, 2.05) is 0 Å². The lowest BCUT2D eigenvalue weighted by Crippen LogP contribution is -2.47. The van der Waals surface area contributed by atoms with Gasteiger partial charge in [0.25, 0.3) is 0 Å². The lowest BCUT2D eigenvalue weighted by molar-refractivity contribution is -0.128. The van der Waals surface area contributed by atoms with Gasteiger partial charge in [-0.15, -0.1) is 24.2 Å². The Balaban J connectivity index is 0.00000242. The minimum Gasteiger partial charge on any atom is -0.339 e. The van der Waals surface area contributed by atoms with Crippen molar-refractivity contribution < 1.29 is 14.0 Å². The monoisotopic (exact) mass is 347 g/mol. The number of hydrogen-bond acceptors (Lipinski definition) is 4. The molecule has 22 heavy (non-hydrogen) atoms. The van der Waals surface area contributed by atoms with Crippen LogP contribution in [0.1, 0.15) is 0 Å². The average Bonchev–Trinajstić information content (AvgIpc) is 2.50. The summed E-state index contributed by atoms with van der Waals surface area (Å²) in [5.41, 5.74) is 0.551. The van der Waals surface area contributed by atoms with E-state index in [-0.39, 0.29) is 35.8 Å². The molecule has 2 N–H and O–H groups in total. The molecule has 1 saturated heterocycles. The van der Waals surface area contributed by atoms with Crippen LogP contribution in [0.5, 0.6) is 0 Å². The van der Waals surface area contributed by atoms with Gasteiger partial charge in [-0.05, 0) is 24.3 Å². The van der Waals surface area contributed by atoms with Crippen LogP contribution in [-0.2, 0) is 9.59 Å². The maximum atomic E-state index is 12.7. The smallest absolute Gasteiger partial charge is 0.234 e. The summed E-state index contributed by atoms with van der Waals surface area (Å²) in [5.74, 6) is 0.0336. The number of thioether (sulfide) groups is 1. The molecular weight excluding hydrogens is 329 g/mol. The summed E-state index contributed by atoms with van der Waals surface area (Å²) in [7, 11) is 0. The van der Waals surface area contributed by atoms with Crippen molar-refractivity contribution in [2.75, 3.05) is 43.0 Å². The highest BCUT2D eigenvalue weighted by Crippen LogP contribution is 2.10. The van der Waals surface area contributed by atoms with Crippen LogP contribution in [0.3, 0.4) is 0 Å². The highest BCUT2D eigenvalue weighted by Gasteiger charge is 2.16. The van der Waals surface area contributed by atoms with Gasteiger partial charge in [-0.2, -0.15) is 0 Å². The molecule has 0 aliphatic carbocycles. The van der Waals surface area contributed by atoms with E-state index in [2.05, 4.69) is 10.6 Å². The average molecular weight is 348 g/mol. The maximum Gasteiger partial charge on any atom is 0.234 e. The zero-order valence-corrected chi connectivity index (χ0v) is 13.6. The van der Waals surface area contributed by atoms with Gasteiger partial charge in [0.05, 0.1) is 11.5 Å². The number of amides is 2. The molecule has 2 rings (SSSR count). The highest BCUT2D eigenvalue weighted by atomic mass is 35.5. The van der Waals surface area contributed by atoms with Crippen molar-refractivity contribution in [3.05, 3.63) is 30.1 Å². The Morgan fingerprint density at radius 3 is 2.45 bits per heavy atom. The van der Waals surface area contributed by atoms with Crippen LogP contribution in [0.25, 0.3) is 0 Å². The first kappa shape index (κ1) is 18.7. The van der Waals surface area contributed by atoms with Gasteiger partial charge in [0.2, 0.25) is 11.8 Å². The Morgan fingerprint density at radius 1 is 1.18 bits per heavy atom. The Hall–Kier alpha value is -1.31. The van der Waals surface area contributed by atoms with Crippen molar-refractivity contribution >= 4 is 41.7 Å². The minimum absolute atomic E-state index is 0. The number of carbonyl (C=O) groups excluding carboxylic acids is 2. The van der Waals surface area contributed by atoms with Crippen molar-refractivity contribution in [3.8, 4) is 0 Å². The lowest BCUT2D eigenvalue weighted by Gasteiger charge is -2.27. The van der Waals surface area contributed by atoms with E-state index in [9.17, 15) is 14.0 Å². The predicted molar refractivity (Wildman–Crippen MR) is 89.1 cm³/mol. The van der Waals surface area contributed by atoms with Gasteiger partial charge in [-0.3, -0.25) is 9.59 Å². The Morgan fingerprint density at radius 2 is 1.82 bits per heavy atom. The molecule has 1 fully saturated rings. The summed E-state index contributed by atoms with van der Waals surface area (Å²) in [6.45, 7) is 3.09. The zero-order chi connectivity index (χ0) is 15.1. The molecule has 0 spiro atoms. The van der Waals surface area contributed by atoms with Crippen molar-refractivity contribution in [2.45, 2.75) is 0 Å². The number of anilines is 1. The van der Waals surface area contributed by atoms with E-state index in [0.717, 1.165) is 26.2 Å². The first-order valence-corrected chi connectivity index (χ1v) is 7.92. The summed E-state index contributed by atoms with van der Waals surface area (Å²) in [5, 5.41) is 5.84. The summed E-state index contributed by atoms with van der Waals surface area (Å²) >= 11 is 1.29. The Kier molecular flexibility index (Phi) is 8.22. The number of hydrogen-bond donors (Lipinski definition) is 2. The van der Waals surface area contributed by atoms with Crippen LogP contribution in [-0.4, -0.2) is 54.4 Å². The SMILES string of the molecule is Cl.O=C(CSCC(=O)N1CCNCC1)Nc1ccc(F)cc1. The number of halogens is 2. The molecule has 1 aromatic carbocycles. The van der Waals surface area contributed by atoms with E-state index >= 15 is 0 Å². The van der Waals surface area contributed by atoms with Gasteiger partial charge in [-0.1, -0.05) is 0 Å². The first-order chi connectivity index (χ1) is 10.1. The van der Waals surface area contributed by atoms with Gasteiger partial charge in [0.15, 0.2) is 0 Å². The van der Waals surface area contributed by atoms with Crippen molar-refractivity contribution in [3.63, 3.8) is 0 Å². The van der Waals surface area contributed by atoms with Crippen LogP contribution in [0, 0.1) is 5.82 Å². The van der Waals surface area contributed by atoms with E-state index in [0.29, 0.717) is 11.4 Å². The Labute approximate surface area is 139 Å². The third-order valence-electron chi connectivity index (χ3n) is 3.06. The molecule has 1 aliphatic rings. The van der Waals surface area contributed by atoms with Crippen molar-refractivity contribution in [2.24, 2.45) is 0 Å². The topological polar surface area (TPSA) is 61.4 Å². The molecule has 1 aliphatic heterocycles. The van der Waals surface area contributed by atoms with E-state index in [1.165, 1.54) is 36.0 Å². The second kappa shape index (κ2) is 9.66.